The Morgan fingerprint density at radius 1 is 1.03 bits per heavy atom. The molecule has 0 aliphatic carbocycles. The van der Waals surface area contributed by atoms with Crippen LogP contribution in [0.4, 0.5) is 5.69 Å². The minimum absolute atomic E-state index is 0.224. The van der Waals surface area contributed by atoms with Crippen molar-refractivity contribution < 1.29 is 14.3 Å². The number of rotatable bonds is 8. The lowest BCUT2D eigenvalue weighted by atomic mass is 10.1. The Morgan fingerprint density at radius 2 is 1.67 bits per heavy atom. The normalized spacial score (nSPS) is 11.1. The number of ether oxygens (including phenoxy) is 2. The van der Waals surface area contributed by atoms with Crippen molar-refractivity contribution in [1.29, 1.82) is 5.26 Å². The summed E-state index contributed by atoms with van der Waals surface area (Å²) in [5, 5.41) is 15.2. The number of nitrogens with one attached hydrogen (secondary N) is 2. The highest BCUT2D eigenvalue weighted by molar-refractivity contribution is 5.86. The van der Waals surface area contributed by atoms with Crippen LogP contribution in [-0.2, 0) is 11.3 Å². The summed E-state index contributed by atoms with van der Waals surface area (Å²) in [7, 11) is 3.01. The molecule has 0 saturated heterocycles. The first-order chi connectivity index (χ1) is 14.6. The van der Waals surface area contributed by atoms with Gasteiger partial charge < -0.3 is 20.1 Å². The van der Waals surface area contributed by atoms with E-state index in [0.29, 0.717) is 35.1 Å². The number of pyridine rings is 1. The first kappa shape index (κ1) is 20.7. The fourth-order valence-electron chi connectivity index (χ4n) is 2.87. The average molecular weight is 402 g/mol. The standard InChI is InChI=1S/C23H22N4O3/c1-29-20-12-18(13-21(27-20)30-2)22(26-19-10-8-16(14-24)9-11-19)23(28)25-15-17-6-4-3-5-7-17/h3-13,22,26H,15H2,1-2H3,(H,25,28). The van der Waals surface area contributed by atoms with Gasteiger partial charge in [-0.1, -0.05) is 30.3 Å². The number of amides is 1. The van der Waals surface area contributed by atoms with Crippen LogP contribution in [-0.4, -0.2) is 25.1 Å². The molecule has 0 saturated carbocycles. The lowest BCUT2D eigenvalue weighted by Crippen LogP contribution is -2.33. The van der Waals surface area contributed by atoms with Gasteiger partial charge in [-0.15, -0.1) is 0 Å². The molecule has 1 amide bonds. The minimum atomic E-state index is -0.729. The Kier molecular flexibility index (Phi) is 6.85. The molecule has 0 spiro atoms. The highest BCUT2D eigenvalue weighted by Gasteiger charge is 2.22. The fraction of sp³-hybridized carbons (Fsp3) is 0.174. The van der Waals surface area contributed by atoms with E-state index in [1.807, 2.05) is 30.3 Å². The number of carbonyl (C=O) groups excluding carboxylic acids is 1. The van der Waals surface area contributed by atoms with E-state index in [2.05, 4.69) is 21.7 Å². The zero-order valence-electron chi connectivity index (χ0n) is 16.8. The first-order valence-corrected chi connectivity index (χ1v) is 9.31. The number of hydrogen-bond acceptors (Lipinski definition) is 6. The SMILES string of the molecule is COc1cc(C(Nc2ccc(C#N)cc2)C(=O)NCc2ccccc2)cc(OC)n1. The molecule has 7 nitrogen and oxygen atoms in total. The summed E-state index contributed by atoms with van der Waals surface area (Å²) < 4.78 is 10.5. The number of aromatic nitrogens is 1. The summed E-state index contributed by atoms with van der Waals surface area (Å²) in [5.41, 5.74) is 2.86. The van der Waals surface area contributed by atoms with Crippen LogP contribution in [0.1, 0.15) is 22.7 Å². The maximum Gasteiger partial charge on any atom is 0.247 e. The molecular formula is C23H22N4O3. The number of nitriles is 1. The van der Waals surface area contributed by atoms with Crippen LogP contribution < -0.4 is 20.1 Å². The Bertz CT molecular complexity index is 1010. The van der Waals surface area contributed by atoms with Crippen LogP contribution in [0.3, 0.4) is 0 Å². The van der Waals surface area contributed by atoms with E-state index in [4.69, 9.17) is 14.7 Å². The van der Waals surface area contributed by atoms with Gasteiger partial charge >= 0.3 is 0 Å². The van der Waals surface area contributed by atoms with E-state index < -0.39 is 6.04 Å². The Balaban J connectivity index is 1.89. The molecule has 1 unspecified atom stereocenters. The smallest absolute Gasteiger partial charge is 0.247 e. The predicted octanol–water partition coefficient (Wildman–Crippen LogP) is 3.44. The van der Waals surface area contributed by atoms with Crippen molar-refractivity contribution in [2.24, 2.45) is 0 Å². The lowest BCUT2D eigenvalue weighted by Gasteiger charge is -2.21. The zero-order valence-corrected chi connectivity index (χ0v) is 16.8. The molecule has 0 aliphatic heterocycles. The van der Waals surface area contributed by atoms with E-state index in [0.717, 1.165) is 5.56 Å². The van der Waals surface area contributed by atoms with Crippen molar-refractivity contribution >= 4 is 11.6 Å². The largest absolute Gasteiger partial charge is 0.481 e. The molecule has 1 heterocycles. The van der Waals surface area contributed by atoms with Crippen molar-refractivity contribution in [1.82, 2.24) is 10.3 Å². The van der Waals surface area contributed by atoms with Gasteiger partial charge in [-0.05, 0) is 35.4 Å². The summed E-state index contributed by atoms with van der Waals surface area (Å²) >= 11 is 0. The maximum atomic E-state index is 13.1. The Morgan fingerprint density at radius 3 is 2.23 bits per heavy atom. The van der Waals surface area contributed by atoms with Crippen molar-refractivity contribution in [3.05, 3.63) is 83.4 Å². The molecule has 3 rings (SSSR count). The molecule has 1 atom stereocenters. The molecule has 0 radical (unpaired) electrons. The van der Waals surface area contributed by atoms with Gasteiger partial charge in [-0.2, -0.15) is 10.2 Å². The maximum absolute atomic E-state index is 13.1. The molecule has 0 aliphatic rings. The second kappa shape index (κ2) is 9.94. The third-order valence-electron chi connectivity index (χ3n) is 4.45. The van der Waals surface area contributed by atoms with Crippen LogP contribution in [0.15, 0.2) is 66.7 Å². The molecule has 2 aromatic carbocycles. The summed E-state index contributed by atoms with van der Waals surface area (Å²) in [4.78, 5) is 17.3. The van der Waals surface area contributed by atoms with E-state index in [9.17, 15) is 4.79 Å². The number of anilines is 1. The van der Waals surface area contributed by atoms with E-state index in [1.54, 1.807) is 36.4 Å². The van der Waals surface area contributed by atoms with Crippen LogP contribution >= 0.6 is 0 Å². The van der Waals surface area contributed by atoms with Crippen LogP contribution in [0.25, 0.3) is 0 Å². The van der Waals surface area contributed by atoms with Gasteiger partial charge in [-0.25, -0.2) is 0 Å². The molecular weight excluding hydrogens is 380 g/mol. The summed E-state index contributed by atoms with van der Waals surface area (Å²) in [6.45, 7) is 0.393. The van der Waals surface area contributed by atoms with Crippen molar-refractivity contribution in [3.63, 3.8) is 0 Å². The third-order valence-corrected chi connectivity index (χ3v) is 4.45. The molecule has 7 heteroatoms. The topological polar surface area (TPSA) is 96.3 Å². The molecule has 2 N–H and O–H groups in total. The van der Waals surface area contributed by atoms with E-state index in [1.165, 1.54) is 14.2 Å². The van der Waals surface area contributed by atoms with Gasteiger partial charge in [0.05, 0.1) is 25.9 Å². The van der Waals surface area contributed by atoms with Crippen molar-refractivity contribution in [2.45, 2.75) is 12.6 Å². The minimum Gasteiger partial charge on any atom is -0.481 e. The number of hydrogen-bond donors (Lipinski definition) is 2. The number of methoxy groups -OCH3 is 2. The van der Waals surface area contributed by atoms with Gasteiger partial charge in [0.25, 0.3) is 0 Å². The Labute approximate surface area is 175 Å². The van der Waals surface area contributed by atoms with E-state index >= 15 is 0 Å². The van der Waals surface area contributed by atoms with Gasteiger partial charge in [0.2, 0.25) is 17.7 Å². The second-order valence-electron chi connectivity index (χ2n) is 6.46. The highest BCUT2D eigenvalue weighted by atomic mass is 16.5. The molecule has 152 valence electrons. The van der Waals surface area contributed by atoms with Crippen molar-refractivity contribution in [2.75, 3.05) is 19.5 Å². The van der Waals surface area contributed by atoms with Crippen molar-refractivity contribution in [3.8, 4) is 17.8 Å². The monoisotopic (exact) mass is 402 g/mol. The summed E-state index contributed by atoms with van der Waals surface area (Å²) in [5.74, 6) is 0.456. The van der Waals surface area contributed by atoms with Gasteiger partial charge in [0.1, 0.15) is 6.04 Å². The fourth-order valence-corrected chi connectivity index (χ4v) is 2.87. The quantitative estimate of drug-likeness (QED) is 0.599. The predicted molar refractivity (Wildman–Crippen MR) is 113 cm³/mol. The summed E-state index contributed by atoms with van der Waals surface area (Å²) in [6, 6.07) is 21.3. The summed E-state index contributed by atoms with van der Waals surface area (Å²) in [6.07, 6.45) is 0. The van der Waals surface area contributed by atoms with E-state index in [-0.39, 0.29) is 5.91 Å². The van der Waals surface area contributed by atoms with Gasteiger partial charge in [0, 0.05) is 24.4 Å². The number of benzene rings is 2. The first-order valence-electron chi connectivity index (χ1n) is 9.31. The molecule has 30 heavy (non-hydrogen) atoms. The van der Waals surface area contributed by atoms with Crippen LogP contribution in [0.2, 0.25) is 0 Å². The highest BCUT2D eigenvalue weighted by Crippen LogP contribution is 2.26. The number of nitrogens with zero attached hydrogens (tertiary/aromatic N) is 2. The zero-order chi connectivity index (χ0) is 21.3. The number of carbonyl (C=O) groups is 1. The van der Waals surface area contributed by atoms with Crippen LogP contribution in [0, 0.1) is 11.3 Å². The molecule has 1 aromatic heterocycles. The Hall–Kier alpha value is -4.05. The molecule has 0 bridgehead atoms. The molecule has 0 fully saturated rings. The average Bonchev–Trinajstić information content (AvgIpc) is 2.81. The van der Waals surface area contributed by atoms with Gasteiger partial charge in [0.15, 0.2) is 0 Å². The third kappa shape index (κ3) is 5.26. The van der Waals surface area contributed by atoms with Crippen LogP contribution in [0.5, 0.6) is 11.8 Å². The molecule has 3 aromatic rings. The van der Waals surface area contributed by atoms with Gasteiger partial charge in [-0.3, -0.25) is 4.79 Å². The lowest BCUT2D eigenvalue weighted by molar-refractivity contribution is -0.122. The second-order valence-corrected chi connectivity index (χ2v) is 6.46.